The highest BCUT2D eigenvalue weighted by Gasteiger charge is 2.30. The van der Waals surface area contributed by atoms with Crippen molar-refractivity contribution in [2.45, 2.75) is 38.4 Å². The van der Waals surface area contributed by atoms with Crippen molar-refractivity contribution in [3.8, 4) is 0 Å². The summed E-state index contributed by atoms with van der Waals surface area (Å²) in [6.45, 7) is 2.02. The monoisotopic (exact) mass is 370 g/mol. The Morgan fingerprint density at radius 3 is 2.76 bits per heavy atom. The number of alkyl halides is 3. The van der Waals surface area contributed by atoms with Gasteiger partial charge in [-0.3, -0.25) is 0 Å². The predicted octanol–water partition coefficient (Wildman–Crippen LogP) is 3.63. The fraction of sp³-hybridized carbons (Fsp3) is 0.438. The van der Waals surface area contributed by atoms with Crippen LogP contribution in [0.2, 0.25) is 0 Å². The molecular weight excluding hydrogens is 353 g/mol. The van der Waals surface area contributed by atoms with Crippen molar-refractivity contribution in [3.05, 3.63) is 40.5 Å². The standard InChI is InChI=1S/C16H17F3N4OS/c1-9(20-2)7-13-22-14(24-23-13)5-6-15-21-11-8-10(16(17,18)19)3-4-12(11)25-15/h3-4,8-9,20H,5-7H2,1-2H3. The van der Waals surface area contributed by atoms with Gasteiger partial charge in [0.25, 0.3) is 0 Å². The second-order valence-corrected chi connectivity index (χ2v) is 6.90. The van der Waals surface area contributed by atoms with Gasteiger partial charge in [0.15, 0.2) is 5.82 Å². The molecule has 0 saturated carbocycles. The van der Waals surface area contributed by atoms with E-state index in [4.69, 9.17) is 4.52 Å². The fourth-order valence-electron chi connectivity index (χ4n) is 2.32. The molecule has 134 valence electrons. The highest BCUT2D eigenvalue weighted by atomic mass is 32.1. The van der Waals surface area contributed by atoms with Crippen LogP contribution in [-0.4, -0.2) is 28.2 Å². The summed E-state index contributed by atoms with van der Waals surface area (Å²) in [6.07, 6.45) is -2.64. The summed E-state index contributed by atoms with van der Waals surface area (Å²) in [5.74, 6) is 1.14. The number of nitrogens with zero attached hydrogens (tertiary/aromatic N) is 3. The number of rotatable bonds is 6. The zero-order valence-electron chi connectivity index (χ0n) is 13.7. The quantitative estimate of drug-likeness (QED) is 0.718. The summed E-state index contributed by atoms with van der Waals surface area (Å²) in [5.41, 5.74) is -0.319. The first-order chi connectivity index (χ1) is 11.8. The van der Waals surface area contributed by atoms with Crippen LogP contribution in [0.5, 0.6) is 0 Å². The van der Waals surface area contributed by atoms with E-state index in [9.17, 15) is 13.2 Å². The average Bonchev–Trinajstić information content (AvgIpc) is 3.17. The first kappa shape index (κ1) is 17.8. The third kappa shape index (κ3) is 4.35. The number of hydrogen-bond donors (Lipinski definition) is 1. The molecule has 0 saturated heterocycles. The summed E-state index contributed by atoms with van der Waals surface area (Å²) in [5, 5.41) is 7.78. The average molecular weight is 370 g/mol. The maximum absolute atomic E-state index is 12.8. The number of benzene rings is 1. The molecule has 0 bridgehead atoms. The van der Waals surface area contributed by atoms with Crippen LogP contribution in [0.4, 0.5) is 13.2 Å². The normalized spacial score (nSPS) is 13.5. The van der Waals surface area contributed by atoms with Crippen LogP contribution in [0, 0.1) is 0 Å². The molecular formula is C16H17F3N4OS. The highest BCUT2D eigenvalue weighted by Crippen LogP contribution is 2.33. The number of likely N-dealkylation sites (N-methyl/N-ethyl adjacent to an activating group) is 1. The van der Waals surface area contributed by atoms with E-state index in [1.807, 2.05) is 14.0 Å². The van der Waals surface area contributed by atoms with Crippen molar-refractivity contribution < 1.29 is 17.7 Å². The first-order valence-electron chi connectivity index (χ1n) is 7.80. The van der Waals surface area contributed by atoms with Crippen molar-refractivity contribution in [1.29, 1.82) is 0 Å². The number of nitrogens with one attached hydrogen (secondary N) is 1. The lowest BCUT2D eigenvalue weighted by Crippen LogP contribution is -2.24. The van der Waals surface area contributed by atoms with Crippen LogP contribution >= 0.6 is 11.3 Å². The summed E-state index contributed by atoms with van der Waals surface area (Å²) in [6, 6.07) is 3.87. The van der Waals surface area contributed by atoms with E-state index in [2.05, 4.69) is 20.4 Å². The Morgan fingerprint density at radius 2 is 2.04 bits per heavy atom. The molecule has 1 atom stereocenters. The smallest absolute Gasteiger partial charge is 0.339 e. The van der Waals surface area contributed by atoms with Crippen LogP contribution in [0.25, 0.3) is 10.2 Å². The highest BCUT2D eigenvalue weighted by molar-refractivity contribution is 7.18. The minimum Gasteiger partial charge on any atom is -0.339 e. The molecule has 0 amide bonds. The minimum absolute atomic E-state index is 0.248. The Morgan fingerprint density at radius 1 is 1.24 bits per heavy atom. The van der Waals surface area contributed by atoms with Gasteiger partial charge in [-0.1, -0.05) is 5.16 Å². The van der Waals surface area contributed by atoms with E-state index in [1.165, 1.54) is 17.4 Å². The number of aryl methyl sites for hydroxylation is 2. The Kier molecular flexibility index (Phi) is 5.05. The van der Waals surface area contributed by atoms with Gasteiger partial charge >= 0.3 is 6.18 Å². The number of halogens is 3. The fourth-order valence-corrected chi connectivity index (χ4v) is 3.27. The lowest BCUT2D eigenvalue weighted by Gasteiger charge is -2.04. The topological polar surface area (TPSA) is 63.8 Å². The van der Waals surface area contributed by atoms with Crippen molar-refractivity contribution >= 4 is 21.6 Å². The van der Waals surface area contributed by atoms with Crippen LogP contribution in [0.3, 0.4) is 0 Å². The molecule has 3 aromatic rings. The molecule has 0 radical (unpaired) electrons. The molecule has 2 heterocycles. The van der Waals surface area contributed by atoms with Crippen molar-refractivity contribution in [3.63, 3.8) is 0 Å². The third-order valence-electron chi connectivity index (χ3n) is 3.80. The van der Waals surface area contributed by atoms with E-state index in [1.54, 1.807) is 0 Å². The van der Waals surface area contributed by atoms with Crippen LogP contribution in [-0.2, 0) is 25.4 Å². The predicted molar refractivity (Wildman–Crippen MR) is 88.6 cm³/mol. The molecule has 2 aromatic heterocycles. The second-order valence-electron chi connectivity index (χ2n) is 5.79. The van der Waals surface area contributed by atoms with Gasteiger partial charge in [0.2, 0.25) is 5.89 Å². The Bertz CT molecular complexity index is 859. The molecule has 0 aliphatic heterocycles. The van der Waals surface area contributed by atoms with Gasteiger partial charge in [-0.05, 0) is 32.2 Å². The van der Waals surface area contributed by atoms with Crippen molar-refractivity contribution in [2.24, 2.45) is 0 Å². The molecule has 1 aromatic carbocycles. The van der Waals surface area contributed by atoms with Crippen LogP contribution in [0.1, 0.15) is 29.2 Å². The lowest BCUT2D eigenvalue weighted by molar-refractivity contribution is -0.137. The van der Waals surface area contributed by atoms with Crippen molar-refractivity contribution in [2.75, 3.05) is 7.05 Å². The number of aromatic nitrogens is 3. The zero-order chi connectivity index (χ0) is 18.0. The molecule has 1 unspecified atom stereocenters. The van der Waals surface area contributed by atoms with E-state index in [0.29, 0.717) is 36.5 Å². The van der Waals surface area contributed by atoms with E-state index in [-0.39, 0.29) is 6.04 Å². The molecule has 0 spiro atoms. The van der Waals surface area contributed by atoms with Gasteiger partial charge in [-0.15, -0.1) is 11.3 Å². The number of fused-ring (bicyclic) bond motifs is 1. The van der Waals surface area contributed by atoms with E-state index < -0.39 is 11.7 Å². The summed E-state index contributed by atoms with van der Waals surface area (Å²) in [4.78, 5) is 8.61. The van der Waals surface area contributed by atoms with Gasteiger partial charge in [0.05, 0.1) is 20.8 Å². The van der Waals surface area contributed by atoms with Gasteiger partial charge in [-0.25, -0.2) is 4.98 Å². The first-order valence-corrected chi connectivity index (χ1v) is 8.62. The number of thiazole rings is 1. The third-order valence-corrected chi connectivity index (χ3v) is 4.90. The molecule has 9 heteroatoms. The van der Waals surface area contributed by atoms with E-state index in [0.717, 1.165) is 21.8 Å². The van der Waals surface area contributed by atoms with E-state index >= 15 is 0 Å². The van der Waals surface area contributed by atoms with Gasteiger partial charge < -0.3 is 9.84 Å². The largest absolute Gasteiger partial charge is 0.416 e. The molecule has 3 rings (SSSR count). The molecule has 0 aliphatic rings. The molecule has 1 N–H and O–H groups in total. The minimum atomic E-state index is -4.36. The molecule has 0 fully saturated rings. The second kappa shape index (κ2) is 7.09. The summed E-state index contributed by atoms with van der Waals surface area (Å²) in [7, 11) is 1.86. The maximum Gasteiger partial charge on any atom is 0.416 e. The lowest BCUT2D eigenvalue weighted by atomic mass is 10.2. The van der Waals surface area contributed by atoms with Crippen LogP contribution in [0.15, 0.2) is 22.7 Å². The van der Waals surface area contributed by atoms with Crippen LogP contribution < -0.4 is 5.32 Å². The Hall–Kier alpha value is -2.00. The van der Waals surface area contributed by atoms with Gasteiger partial charge in [-0.2, -0.15) is 18.2 Å². The summed E-state index contributed by atoms with van der Waals surface area (Å²) < 4.78 is 44.2. The molecule has 5 nitrogen and oxygen atoms in total. The summed E-state index contributed by atoms with van der Waals surface area (Å²) >= 11 is 1.38. The zero-order valence-corrected chi connectivity index (χ0v) is 14.5. The Labute approximate surface area is 146 Å². The molecule has 25 heavy (non-hydrogen) atoms. The number of hydrogen-bond acceptors (Lipinski definition) is 6. The van der Waals surface area contributed by atoms with Gasteiger partial charge in [0, 0.05) is 25.3 Å². The molecule has 0 aliphatic carbocycles. The Balaban J connectivity index is 1.67. The SMILES string of the molecule is CNC(C)Cc1noc(CCc2nc3cc(C(F)(F)F)ccc3s2)n1. The maximum atomic E-state index is 12.8. The van der Waals surface area contributed by atoms with Crippen molar-refractivity contribution in [1.82, 2.24) is 20.4 Å². The van der Waals surface area contributed by atoms with Gasteiger partial charge in [0.1, 0.15) is 0 Å².